The molecule has 5 heteroatoms. The summed E-state index contributed by atoms with van der Waals surface area (Å²) in [5, 5.41) is 22.3. The summed E-state index contributed by atoms with van der Waals surface area (Å²) in [6, 6.07) is 5.77. The van der Waals surface area contributed by atoms with Crippen molar-refractivity contribution in [2.45, 2.75) is 210 Å². The van der Waals surface area contributed by atoms with Crippen LogP contribution in [0, 0.1) is 65.1 Å². The largest absolute Gasteiger partial charge is 0.317 e. The summed E-state index contributed by atoms with van der Waals surface area (Å²) in [6.07, 6.45) is 32.0. The number of rotatable bonds is 4. The van der Waals surface area contributed by atoms with Gasteiger partial charge in [-0.2, -0.15) is 0 Å². The van der Waals surface area contributed by atoms with E-state index in [0.717, 1.165) is 101 Å². The second kappa shape index (κ2) is 16.1. The minimum Gasteiger partial charge on any atom is -0.317 e. The van der Waals surface area contributed by atoms with Crippen LogP contribution in [0.25, 0.3) is 0 Å². The first-order valence-corrected chi connectivity index (χ1v) is 23.7. The highest BCUT2D eigenvalue weighted by Gasteiger charge is 2.52. The molecule has 6 saturated heterocycles. The highest BCUT2D eigenvalue weighted by molar-refractivity contribution is 5.10. The van der Waals surface area contributed by atoms with Crippen LogP contribution in [0.15, 0.2) is 0 Å². The van der Waals surface area contributed by atoms with Crippen molar-refractivity contribution in [3.05, 3.63) is 0 Å². The Morgan fingerprint density at radius 1 is 0.255 bits per heavy atom. The van der Waals surface area contributed by atoms with Crippen molar-refractivity contribution in [3.8, 4) is 0 Å². The van der Waals surface area contributed by atoms with Gasteiger partial charge in [0.2, 0.25) is 0 Å². The van der Waals surface area contributed by atoms with E-state index in [4.69, 9.17) is 0 Å². The van der Waals surface area contributed by atoms with Crippen molar-refractivity contribution in [3.63, 3.8) is 0 Å². The second-order valence-electron chi connectivity index (χ2n) is 21.3. The van der Waals surface area contributed by atoms with Gasteiger partial charge in [-0.15, -0.1) is 0 Å². The maximum atomic E-state index is 4.64. The molecule has 6 heterocycles. The van der Waals surface area contributed by atoms with E-state index < -0.39 is 0 Å². The Hall–Kier alpha value is -0.200. The van der Waals surface area contributed by atoms with Gasteiger partial charge >= 0.3 is 0 Å². The first kappa shape index (κ1) is 36.4. The van der Waals surface area contributed by atoms with E-state index in [9.17, 15) is 0 Å². The minimum atomic E-state index is 0.712. The monoisotopic (exact) mass is 704 g/mol. The third-order valence-electron chi connectivity index (χ3n) is 18.3. The van der Waals surface area contributed by atoms with Crippen LogP contribution < -0.4 is 26.6 Å². The summed E-state index contributed by atoms with van der Waals surface area (Å²) >= 11 is 0. The predicted octanol–water partition coefficient (Wildman–Crippen LogP) is 8.43. The minimum absolute atomic E-state index is 0.712. The zero-order valence-electron chi connectivity index (χ0n) is 33.4. The lowest BCUT2D eigenvalue weighted by Gasteiger charge is -2.45. The molecule has 8 bridgehead atoms. The number of nitrogens with one attached hydrogen (secondary N) is 5. The fraction of sp³-hybridized carbons (Fsp3) is 1.00. The summed E-state index contributed by atoms with van der Waals surface area (Å²) in [5.74, 6) is 9.74. The molecule has 10 atom stereocenters. The molecule has 0 spiro atoms. The Morgan fingerprint density at radius 3 is 0.706 bits per heavy atom. The van der Waals surface area contributed by atoms with Crippen LogP contribution in [0.5, 0.6) is 0 Å². The van der Waals surface area contributed by atoms with Crippen LogP contribution in [0.3, 0.4) is 0 Å². The lowest BCUT2D eigenvalue weighted by molar-refractivity contribution is 0.103. The fourth-order valence-electron chi connectivity index (χ4n) is 15.6. The molecule has 9 aliphatic rings. The van der Waals surface area contributed by atoms with E-state index in [1.54, 1.807) is 0 Å². The molecule has 290 valence electrons. The van der Waals surface area contributed by atoms with Gasteiger partial charge < -0.3 is 26.6 Å². The summed E-state index contributed by atoms with van der Waals surface area (Å²) < 4.78 is 0. The van der Waals surface area contributed by atoms with E-state index in [1.807, 2.05) is 0 Å². The van der Waals surface area contributed by atoms with Crippen LogP contribution in [-0.4, -0.2) is 61.4 Å². The van der Waals surface area contributed by atoms with Gasteiger partial charge in [0.25, 0.3) is 0 Å². The lowest BCUT2D eigenvalue weighted by Crippen LogP contribution is -2.57. The summed E-state index contributed by atoms with van der Waals surface area (Å²) in [6.45, 7) is 10.1. The lowest BCUT2D eigenvalue weighted by atomic mass is 9.70. The van der Waals surface area contributed by atoms with Gasteiger partial charge in [0, 0.05) is 48.3 Å². The average Bonchev–Trinajstić information content (AvgIpc) is 3.99. The maximum absolute atomic E-state index is 4.64. The van der Waals surface area contributed by atoms with Crippen molar-refractivity contribution >= 4 is 0 Å². The topological polar surface area (TPSA) is 60.1 Å². The van der Waals surface area contributed by atoms with Gasteiger partial charge in [0.05, 0.1) is 0 Å². The second-order valence-corrected chi connectivity index (χ2v) is 21.3. The first-order valence-electron chi connectivity index (χ1n) is 23.7. The van der Waals surface area contributed by atoms with Crippen LogP contribution in [-0.2, 0) is 0 Å². The van der Waals surface area contributed by atoms with Crippen LogP contribution in [0.2, 0.25) is 0 Å². The third-order valence-corrected chi connectivity index (χ3v) is 18.3. The molecule has 0 aromatic heterocycles. The highest BCUT2D eigenvalue weighted by atomic mass is 15.1. The van der Waals surface area contributed by atoms with E-state index in [2.05, 4.69) is 47.4 Å². The molecule has 3 aliphatic carbocycles. The Labute approximate surface area is 314 Å². The fourth-order valence-corrected chi connectivity index (χ4v) is 15.6. The van der Waals surface area contributed by atoms with E-state index in [0.29, 0.717) is 12.1 Å². The smallest absolute Gasteiger partial charge is 0.0116 e. The summed E-state index contributed by atoms with van der Waals surface area (Å²) in [5.41, 5.74) is 0. The zero-order chi connectivity index (χ0) is 34.5. The Morgan fingerprint density at radius 2 is 0.471 bits per heavy atom. The van der Waals surface area contributed by atoms with Gasteiger partial charge in [-0.3, -0.25) is 0 Å². The third kappa shape index (κ3) is 7.67. The quantitative estimate of drug-likeness (QED) is 0.204. The molecule has 5 nitrogen and oxygen atoms in total. The molecule has 0 aromatic rings. The molecule has 51 heavy (non-hydrogen) atoms. The molecule has 0 aromatic carbocycles. The van der Waals surface area contributed by atoms with Crippen molar-refractivity contribution in [1.29, 1.82) is 0 Å². The van der Waals surface area contributed by atoms with E-state index in [1.165, 1.54) is 154 Å². The van der Waals surface area contributed by atoms with Gasteiger partial charge in [0.15, 0.2) is 0 Å². The molecule has 6 aliphatic heterocycles. The standard InChI is InChI=1S/C46H81N5/c1-28-4-10-31(11-5-28)43-35-16-18-37(48-35)44(32-12-6-29(2)7-13-32)39-20-22-41(50-39)46(34-24-26-47-27-25-34)42-23-21-40(51-42)45(38-19-17-36(43)49-38)33-14-8-30(3)9-15-33/h28-51H,4-27H2,1-3H3. The normalized spacial score (nSPS) is 53.0. The molecule has 0 amide bonds. The average molecular weight is 704 g/mol. The summed E-state index contributed by atoms with van der Waals surface area (Å²) in [4.78, 5) is 0. The van der Waals surface area contributed by atoms with Gasteiger partial charge in [-0.25, -0.2) is 0 Å². The van der Waals surface area contributed by atoms with Crippen LogP contribution in [0.4, 0.5) is 0 Å². The van der Waals surface area contributed by atoms with E-state index in [-0.39, 0.29) is 0 Å². The Kier molecular flexibility index (Phi) is 11.5. The number of hydrogen-bond donors (Lipinski definition) is 5. The molecule has 5 N–H and O–H groups in total. The predicted molar refractivity (Wildman–Crippen MR) is 213 cm³/mol. The summed E-state index contributed by atoms with van der Waals surface area (Å²) in [7, 11) is 0. The van der Waals surface area contributed by atoms with Crippen LogP contribution in [0.1, 0.15) is 162 Å². The van der Waals surface area contributed by atoms with E-state index >= 15 is 0 Å². The first-order chi connectivity index (χ1) is 25.0. The van der Waals surface area contributed by atoms with Crippen molar-refractivity contribution in [2.75, 3.05) is 13.1 Å². The molecular formula is C46H81N5. The van der Waals surface area contributed by atoms with Crippen LogP contribution >= 0.6 is 0 Å². The highest BCUT2D eigenvalue weighted by Crippen LogP contribution is 2.49. The number of fused-ring (bicyclic) bond motifs is 8. The van der Waals surface area contributed by atoms with Crippen molar-refractivity contribution in [1.82, 2.24) is 26.6 Å². The van der Waals surface area contributed by atoms with Crippen molar-refractivity contribution < 1.29 is 0 Å². The Bertz CT molecular complexity index is 1030. The maximum Gasteiger partial charge on any atom is 0.0116 e. The van der Waals surface area contributed by atoms with Gasteiger partial charge in [0.1, 0.15) is 0 Å². The van der Waals surface area contributed by atoms with Gasteiger partial charge in [-0.1, -0.05) is 59.3 Å². The van der Waals surface area contributed by atoms with Crippen molar-refractivity contribution in [2.24, 2.45) is 65.1 Å². The molecule has 9 fully saturated rings. The molecule has 9 rings (SSSR count). The Balaban J connectivity index is 1.06. The van der Waals surface area contributed by atoms with Gasteiger partial charge in [-0.05, 0) is 181 Å². The zero-order valence-corrected chi connectivity index (χ0v) is 33.4. The molecule has 3 saturated carbocycles. The number of hydrogen-bond acceptors (Lipinski definition) is 5. The molecule has 10 unspecified atom stereocenters. The molecule has 0 radical (unpaired) electrons. The molecular weight excluding hydrogens is 623 g/mol. The number of piperidine rings is 1. The SMILES string of the molecule is CC1CCC(C2C3CCC(N3)C(C3CCNCC3)C3CCC(N3)C(C3CCC(C)CC3)C3CCC(N3)C(C3CCC(C)CC3)C3CCC2N3)CC1.